The Labute approximate surface area is 154 Å². The van der Waals surface area contributed by atoms with Gasteiger partial charge in [-0.15, -0.1) is 0 Å². The van der Waals surface area contributed by atoms with Gasteiger partial charge in [-0.05, 0) is 54.0 Å². The molecule has 0 unspecified atom stereocenters. The van der Waals surface area contributed by atoms with Crippen LogP contribution in [0.5, 0.6) is 0 Å². The predicted molar refractivity (Wildman–Crippen MR) is 108 cm³/mol. The minimum Gasteiger partial charge on any atom is -0.307 e. The number of amides is 2. The van der Waals surface area contributed by atoms with Gasteiger partial charge in [0.25, 0.3) is 0 Å². The lowest BCUT2D eigenvalue weighted by Crippen LogP contribution is -2.19. The van der Waals surface area contributed by atoms with Crippen LogP contribution in [-0.4, -0.2) is 11.0 Å². The highest BCUT2D eigenvalue weighted by atomic mass is 32.1. The molecule has 1 aliphatic rings. The van der Waals surface area contributed by atoms with Gasteiger partial charge in [-0.1, -0.05) is 47.7 Å². The van der Waals surface area contributed by atoms with Crippen molar-refractivity contribution in [1.29, 1.82) is 0 Å². The number of urea groups is 1. The SMILES string of the molecule is Cc1ccccc1NC(=O)Nc1nc2c(cc3c4c(cccc42)CC3)s1. The molecule has 0 bridgehead atoms. The van der Waals surface area contributed by atoms with Crippen LogP contribution < -0.4 is 10.6 Å². The van der Waals surface area contributed by atoms with Crippen LogP contribution >= 0.6 is 11.3 Å². The first-order chi connectivity index (χ1) is 12.7. The Bertz CT molecular complexity index is 1180. The van der Waals surface area contributed by atoms with E-state index in [2.05, 4.69) is 34.9 Å². The molecule has 0 spiro atoms. The third kappa shape index (κ3) is 2.44. The van der Waals surface area contributed by atoms with Crippen molar-refractivity contribution >= 4 is 49.2 Å². The summed E-state index contributed by atoms with van der Waals surface area (Å²) in [6.07, 6.45) is 2.19. The minimum atomic E-state index is -0.268. The second-order valence-electron chi connectivity index (χ2n) is 6.64. The van der Waals surface area contributed by atoms with Crippen molar-refractivity contribution in [2.45, 2.75) is 19.8 Å². The summed E-state index contributed by atoms with van der Waals surface area (Å²) in [4.78, 5) is 17.1. The minimum absolute atomic E-state index is 0.268. The second-order valence-corrected chi connectivity index (χ2v) is 7.67. The lowest BCUT2D eigenvalue weighted by Gasteiger charge is -2.07. The number of para-hydroxylation sites is 1. The van der Waals surface area contributed by atoms with Gasteiger partial charge in [0.15, 0.2) is 5.13 Å². The zero-order chi connectivity index (χ0) is 17.7. The van der Waals surface area contributed by atoms with Gasteiger partial charge < -0.3 is 5.32 Å². The molecule has 1 heterocycles. The van der Waals surface area contributed by atoms with E-state index in [4.69, 9.17) is 4.98 Å². The number of hydrogen-bond donors (Lipinski definition) is 2. The average Bonchev–Trinajstić information content (AvgIpc) is 3.22. The van der Waals surface area contributed by atoms with Gasteiger partial charge >= 0.3 is 6.03 Å². The fraction of sp³-hybridized carbons (Fsp3) is 0.143. The van der Waals surface area contributed by atoms with Crippen molar-refractivity contribution in [2.75, 3.05) is 10.6 Å². The number of aromatic nitrogens is 1. The molecule has 5 rings (SSSR count). The topological polar surface area (TPSA) is 54.0 Å². The third-order valence-corrected chi connectivity index (χ3v) is 5.88. The summed E-state index contributed by atoms with van der Waals surface area (Å²) in [5.41, 5.74) is 5.60. The molecule has 2 amide bonds. The number of aryl methyl sites for hydroxylation is 3. The van der Waals surface area contributed by atoms with E-state index in [9.17, 15) is 4.79 Å². The number of hydrogen-bond acceptors (Lipinski definition) is 3. The molecular formula is C21H17N3OS. The summed E-state index contributed by atoms with van der Waals surface area (Å²) in [5.74, 6) is 0. The Morgan fingerprint density at radius 3 is 2.77 bits per heavy atom. The number of carbonyl (C=O) groups excluding carboxylic acids is 1. The standard InChI is InChI=1S/C21H17N3OS/c1-12-5-2-3-8-16(12)22-20(25)24-21-23-19-15-7-4-6-13-9-10-14(18(13)15)11-17(19)26-21/h2-8,11H,9-10H2,1H3,(H2,22,23,24,25). The molecule has 4 nitrogen and oxygen atoms in total. The first-order valence-electron chi connectivity index (χ1n) is 8.67. The number of carbonyl (C=O) groups is 1. The molecule has 0 radical (unpaired) electrons. The molecule has 5 heteroatoms. The van der Waals surface area contributed by atoms with E-state index >= 15 is 0 Å². The molecule has 0 fully saturated rings. The number of anilines is 2. The lowest BCUT2D eigenvalue weighted by molar-refractivity contribution is 0.262. The molecule has 128 valence electrons. The van der Waals surface area contributed by atoms with Crippen LogP contribution in [0.3, 0.4) is 0 Å². The zero-order valence-electron chi connectivity index (χ0n) is 14.3. The molecule has 0 atom stereocenters. The van der Waals surface area contributed by atoms with Gasteiger partial charge in [-0.3, -0.25) is 5.32 Å². The molecule has 4 aromatic rings. The quantitative estimate of drug-likeness (QED) is 0.496. The maximum absolute atomic E-state index is 12.4. The van der Waals surface area contributed by atoms with E-state index in [1.165, 1.54) is 33.2 Å². The molecule has 3 aromatic carbocycles. The fourth-order valence-corrected chi connectivity index (χ4v) is 4.66. The van der Waals surface area contributed by atoms with Crippen molar-refractivity contribution in [3.8, 4) is 0 Å². The number of thiazole rings is 1. The Balaban J connectivity index is 1.49. The first kappa shape index (κ1) is 15.3. The first-order valence-corrected chi connectivity index (χ1v) is 9.48. The van der Waals surface area contributed by atoms with E-state index in [0.29, 0.717) is 5.13 Å². The smallest absolute Gasteiger partial charge is 0.307 e. The maximum atomic E-state index is 12.4. The highest BCUT2D eigenvalue weighted by Crippen LogP contribution is 2.39. The van der Waals surface area contributed by atoms with Gasteiger partial charge in [0.05, 0.1) is 10.2 Å². The Morgan fingerprint density at radius 1 is 1.04 bits per heavy atom. The van der Waals surface area contributed by atoms with Crippen LogP contribution in [0.1, 0.15) is 16.7 Å². The van der Waals surface area contributed by atoms with Crippen LogP contribution in [0, 0.1) is 6.92 Å². The molecule has 0 aliphatic heterocycles. The highest BCUT2D eigenvalue weighted by molar-refractivity contribution is 7.22. The summed E-state index contributed by atoms with van der Waals surface area (Å²) in [6, 6.07) is 16.1. The van der Waals surface area contributed by atoms with Gasteiger partial charge in [0.2, 0.25) is 0 Å². The van der Waals surface area contributed by atoms with Crippen molar-refractivity contribution in [1.82, 2.24) is 4.98 Å². The van der Waals surface area contributed by atoms with E-state index in [1.54, 1.807) is 0 Å². The zero-order valence-corrected chi connectivity index (χ0v) is 15.1. The maximum Gasteiger partial charge on any atom is 0.325 e. The van der Waals surface area contributed by atoms with Crippen molar-refractivity contribution in [3.63, 3.8) is 0 Å². The monoisotopic (exact) mass is 359 g/mol. The molecular weight excluding hydrogens is 342 g/mol. The van der Waals surface area contributed by atoms with Gasteiger partial charge in [-0.25, -0.2) is 9.78 Å². The Kier molecular flexibility index (Phi) is 3.43. The summed E-state index contributed by atoms with van der Waals surface area (Å²) in [6.45, 7) is 1.97. The van der Waals surface area contributed by atoms with Crippen LogP contribution in [-0.2, 0) is 12.8 Å². The van der Waals surface area contributed by atoms with E-state index in [0.717, 1.165) is 34.3 Å². The van der Waals surface area contributed by atoms with Gasteiger partial charge in [0, 0.05) is 11.1 Å². The summed E-state index contributed by atoms with van der Waals surface area (Å²) >= 11 is 1.52. The lowest BCUT2D eigenvalue weighted by atomic mass is 10.0. The van der Waals surface area contributed by atoms with Crippen molar-refractivity contribution in [2.24, 2.45) is 0 Å². The summed E-state index contributed by atoms with van der Waals surface area (Å²) in [5, 5.41) is 8.93. The predicted octanol–water partition coefficient (Wildman–Crippen LogP) is 5.50. The van der Waals surface area contributed by atoms with Crippen LogP contribution in [0.25, 0.3) is 21.0 Å². The summed E-state index contributed by atoms with van der Waals surface area (Å²) < 4.78 is 1.12. The fourth-order valence-electron chi connectivity index (χ4n) is 3.72. The van der Waals surface area contributed by atoms with E-state index < -0.39 is 0 Å². The molecule has 1 aliphatic carbocycles. The van der Waals surface area contributed by atoms with Gasteiger partial charge in [0.1, 0.15) is 0 Å². The highest BCUT2D eigenvalue weighted by Gasteiger charge is 2.19. The second kappa shape index (κ2) is 5.81. The number of fused-ring (bicyclic) bond motifs is 2. The molecule has 0 saturated heterocycles. The number of nitrogens with one attached hydrogen (secondary N) is 2. The normalized spacial score (nSPS) is 12.7. The Hall–Kier alpha value is -2.92. The number of nitrogens with zero attached hydrogens (tertiary/aromatic N) is 1. The summed E-state index contributed by atoms with van der Waals surface area (Å²) in [7, 11) is 0. The largest absolute Gasteiger partial charge is 0.325 e. The number of benzene rings is 3. The molecule has 2 N–H and O–H groups in total. The molecule has 26 heavy (non-hydrogen) atoms. The van der Waals surface area contributed by atoms with E-state index in [-0.39, 0.29) is 6.03 Å². The van der Waals surface area contributed by atoms with Crippen molar-refractivity contribution in [3.05, 3.63) is 65.2 Å². The molecule has 0 saturated carbocycles. The Morgan fingerprint density at radius 2 is 1.88 bits per heavy atom. The third-order valence-electron chi connectivity index (χ3n) is 4.96. The van der Waals surface area contributed by atoms with Crippen molar-refractivity contribution < 1.29 is 4.79 Å². The van der Waals surface area contributed by atoms with Gasteiger partial charge in [-0.2, -0.15) is 0 Å². The van der Waals surface area contributed by atoms with Crippen LogP contribution in [0.2, 0.25) is 0 Å². The molecule has 1 aromatic heterocycles. The van der Waals surface area contributed by atoms with Crippen LogP contribution in [0.15, 0.2) is 48.5 Å². The average molecular weight is 359 g/mol. The number of rotatable bonds is 2. The van der Waals surface area contributed by atoms with E-state index in [1.807, 2.05) is 31.2 Å². The van der Waals surface area contributed by atoms with Crippen LogP contribution in [0.4, 0.5) is 15.6 Å².